The second-order valence-corrected chi connectivity index (χ2v) is 6.23. The van der Waals surface area contributed by atoms with Gasteiger partial charge < -0.3 is 10.6 Å². The first kappa shape index (κ1) is 12.9. The Kier molecular flexibility index (Phi) is 4.08. The number of amides is 1. The maximum Gasteiger partial charge on any atom is 0.225 e. The van der Waals surface area contributed by atoms with E-state index in [1.807, 2.05) is 0 Å². The Hall–Kier alpha value is -0.570. The van der Waals surface area contributed by atoms with Crippen LogP contribution in [0.25, 0.3) is 0 Å². The van der Waals surface area contributed by atoms with E-state index < -0.39 is 0 Å². The summed E-state index contributed by atoms with van der Waals surface area (Å²) in [4.78, 5) is 14.7. The van der Waals surface area contributed by atoms with Crippen LogP contribution < -0.4 is 5.73 Å². The van der Waals surface area contributed by atoms with Crippen molar-refractivity contribution in [2.75, 3.05) is 6.54 Å². The molecule has 0 aromatic heterocycles. The maximum atomic E-state index is 12.5. The zero-order chi connectivity index (χ0) is 12.4. The first-order valence-electron chi connectivity index (χ1n) is 7.14. The molecule has 2 saturated carbocycles. The molecule has 2 N–H and O–H groups in total. The Morgan fingerprint density at radius 1 is 1.18 bits per heavy atom. The van der Waals surface area contributed by atoms with Gasteiger partial charge in [0, 0.05) is 24.5 Å². The van der Waals surface area contributed by atoms with E-state index >= 15 is 0 Å². The Balaban J connectivity index is 1.91. The van der Waals surface area contributed by atoms with Gasteiger partial charge in [-0.1, -0.05) is 13.8 Å². The average Bonchev–Trinajstić information content (AvgIpc) is 3.09. The van der Waals surface area contributed by atoms with E-state index in [-0.39, 0.29) is 5.92 Å². The molecule has 2 aliphatic rings. The largest absolute Gasteiger partial charge is 0.339 e. The lowest BCUT2D eigenvalue weighted by Gasteiger charge is -2.32. The topological polar surface area (TPSA) is 46.3 Å². The van der Waals surface area contributed by atoms with Gasteiger partial charge >= 0.3 is 0 Å². The molecule has 3 heteroatoms. The lowest BCUT2D eigenvalue weighted by Crippen LogP contribution is -2.42. The van der Waals surface area contributed by atoms with Crippen LogP contribution in [0.4, 0.5) is 0 Å². The molecule has 0 unspecified atom stereocenters. The fourth-order valence-electron chi connectivity index (χ4n) is 2.80. The lowest BCUT2D eigenvalue weighted by atomic mass is 9.85. The Morgan fingerprint density at radius 2 is 1.76 bits per heavy atom. The van der Waals surface area contributed by atoms with Gasteiger partial charge in [0.05, 0.1) is 0 Å². The number of nitrogens with zero attached hydrogens (tertiary/aromatic N) is 1. The molecule has 0 aromatic carbocycles. The lowest BCUT2D eigenvalue weighted by molar-refractivity contribution is -0.137. The molecule has 0 aliphatic heterocycles. The summed E-state index contributed by atoms with van der Waals surface area (Å²) in [6.45, 7) is 5.32. The summed E-state index contributed by atoms with van der Waals surface area (Å²) in [5, 5.41) is 0. The zero-order valence-electron chi connectivity index (χ0n) is 11.2. The third kappa shape index (κ3) is 3.44. The van der Waals surface area contributed by atoms with Crippen LogP contribution in [0.5, 0.6) is 0 Å². The number of hydrogen-bond donors (Lipinski definition) is 1. The van der Waals surface area contributed by atoms with Crippen LogP contribution in [0, 0.1) is 11.8 Å². The summed E-state index contributed by atoms with van der Waals surface area (Å²) >= 11 is 0. The van der Waals surface area contributed by atoms with Crippen molar-refractivity contribution in [2.45, 2.75) is 64.5 Å². The predicted octanol–water partition coefficient (Wildman–Crippen LogP) is 2.15. The van der Waals surface area contributed by atoms with Crippen molar-refractivity contribution in [3.8, 4) is 0 Å². The SMILES string of the molecule is CC(C)CN(C(=O)C1CCC(N)CC1)C1CC1. The number of nitrogens with two attached hydrogens (primary N) is 1. The molecular weight excluding hydrogens is 212 g/mol. The van der Waals surface area contributed by atoms with Crippen molar-refractivity contribution in [3.63, 3.8) is 0 Å². The summed E-state index contributed by atoms with van der Waals surface area (Å²) in [6.07, 6.45) is 6.48. The van der Waals surface area contributed by atoms with Crippen molar-refractivity contribution in [1.82, 2.24) is 4.90 Å². The quantitative estimate of drug-likeness (QED) is 0.815. The molecule has 0 atom stereocenters. The van der Waals surface area contributed by atoms with Gasteiger partial charge in [-0.25, -0.2) is 0 Å². The van der Waals surface area contributed by atoms with E-state index in [1.54, 1.807) is 0 Å². The maximum absolute atomic E-state index is 12.5. The van der Waals surface area contributed by atoms with Gasteiger partial charge in [0.15, 0.2) is 0 Å². The molecule has 98 valence electrons. The van der Waals surface area contributed by atoms with Crippen LogP contribution in [0.2, 0.25) is 0 Å². The van der Waals surface area contributed by atoms with E-state index in [0.717, 1.165) is 32.2 Å². The number of hydrogen-bond acceptors (Lipinski definition) is 2. The molecule has 0 bridgehead atoms. The molecule has 0 saturated heterocycles. The van der Waals surface area contributed by atoms with Crippen molar-refractivity contribution < 1.29 is 4.79 Å². The van der Waals surface area contributed by atoms with Crippen LogP contribution >= 0.6 is 0 Å². The first-order chi connectivity index (χ1) is 8.08. The van der Waals surface area contributed by atoms with Crippen molar-refractivity contribution in [3.05, 3.63) is 0 Å². The van der Waals surface area contributed by atoms with Gasteiger partial charge in [-0.15, -0.1) is 0 Å². The van der Waals surface area contributed by atoms with E-state index in [1.165, 1.54) is 12.8 Å². The van der Waals surface area contributed by atoms with Crippen LogP contribution in [0.3, 0.4) is 0 Å². The normalized spacial score (nSPS) is 29.4. The van der Waals surface area contributed by atoms with Crippen molar-refractivity contribution in [1.29, 1.82) is 0 Å². The molecule has 2 fully saturated rings. The highest BCUT2D eigenvalue weighted by atomic mass is 16.2. The van der Waals surface area contributed by atoms with Gasteiger partial charge in [0.25, 0.3) is 0 Å². The van der Waals surface area contributed by atoms with Crippen LogP contribution in [0.15, 0.2) is 0 Å². The van der Waals surface area contributed by atoms with Gasteiger partial charge in [-0.05, 0) is 44.4 Å². The van der Waals surface area contributed by atoms with Gasteiger partial charge in [-0.2, -0.15) is 0 Å². The molecule has 1 amide bonds. The smallest absolute Gasteiger partial charge is 0.225 e. The third-order valence-corrected chi connectivity index (χ3v) is 3.95. The summed E-state index contributed by atoms with van der Waals surface area (Å²) in [5.41, 5.74) is 5.90. The van der Waals surface area contributed by atoms with Crippen molar-refractivity contribution in [2.24, 2.45) is 17.6 Å². The Morgan fingerprint density at radius 3 is 2.24 bits per heavy atom. The highest BCUT2D eigenvalue weighted by molar-refractivity contribution is 5.79. The molecule has 0 radical (unpaired) electrons. The fourth-order valence-corrected chi connectivity index (χ4v) is 2.80. The van der Waals surface area contributed by atoms with E-state index in [2.05, 4.69) is 18.7 Å². The van der Waals surface area contributed by atoms with E-state index in [0.29, 0.717) is 23.9 Å². The molecule has 0 heterocycles. The third-order valence-electron chi connectivity index (χ3n) is 3.95. The summed E-state index contributed by atoms with van der Waals surface area (Å²) in [5.74, 6) is 1.24. The minimum Gasteiger partial charge on any atom is -0.339 e. The minimum atomic E-state index is 0.258. The van der Waals surface area contributed by atoms with Crippen molar-refractivity contribution >= 4 is 5.91 Å². The molecule has 3 nitrogen and oxygen atoms in total. The monoisotopic (exact) mass is 238 g/mol. The van der Waals surface area contributed by atoms with Gasteiger partial charge in [-0.3, -0.25) is 4.79 Å². The average molecular weight is 238 g/mol. The molecule has 0 spiro atoms. The Labute approximate surface area is 105 Å². The summed E-state index contributed by atoms with van der Waals surface area (Å²) in [6, 6.07) is 0.888. The highest BCUT2D eigenvalue weighted by Gasteiger charge is 2.36. The number of carbonyl (C=O) groups is 1. The van der Waals surface area contributed by atoms with Crippen LogP contribution in [-0.4, -0.2) is 29.4 Å². The molecule has 2 rings (SSSR count). The highest BCUT2D eigenvalue weighted by Crippen LogP contribution is 2.32. The zero-order valence-corrected chi connectivity index (χ0v) is 11.2. The standard InChI is InChI=1S/C14H26N2O/c1-10(2)9-16(13-7-8-13)14(17)11-3-5-12(15)6-4-11/h10-13H,3-9,15H2,1-2H3. The minimum absolute atomic E-state index is 0.258. The molecular formula is C14H26N2O. The molecule has 17 heavy (non-hydrogen) atoms. The molecule has 2 aliphatic carbocycles. The number of carbonyl (C=O) groups excluding carboxylic acids is 1. The van der Waals surface area contributed by atoms with Crippen LogP contribution in [-0.2, 0) is 4.79 Å². The number of rotatable bonds is 4. The van der Waals surface area contributed by atoms with Crippen LogP contribution in [0.1, 0.15) is 52.4 Å². The first-order valence-corrected chi connectivity index (χ1v) is 7.14. The Bertz CT molecular complexity index is 265. The second kappa shape index (κ2) is 5.38. The molecule has 0 aromatic rings. The summed E-state index contributed by atoms with van der Waals surface area (Å²) < 4.78 is 0. The second-order valence-electron chi connectivity index (χ2n) is 6.23. The summed E-state index contributed by atoms with van der Waals surface area (Å²) in [7, 11) is 0. The van der Waals surface area contributed by atoms with Gasteiger partial charge in [0.1, 0.15) is 0 Å². The fraction of sp³-hybridized carbons (Fsp3) is 0.929. The van der Waals surface area contributed by atoms with E-state index in [9.17, 15) is 4.79 Å². The van der Waals surface area contributed by atoms with E-state index in [4.69, 9.17) is 5.73 Å². The van der Waals surface area contributed by atoms with Gasteiger partial charge in [0.2, 0.25) is 5.91 Å². The predicted molar refractivity (Wildman–Crippen MR) is 69.5 cm³/mol.